The molecule has 0 spiro atoms. The Kier molecular flexibility index (Phi) is 967. The van der Waals surface area contributed by atoms with Crippen molar-refractivity contribution in [2.75, 3.05) is 0 Å². The van der Waals surface area contributed by atoms with Gasteiger partial charge in [0.2, 0.25) is 0 Å². The molecule has 0 rings (SSSR count). The van der Waals surface area contributed by atoms with Crippen LogP contribution in [0.3, 0.4) is 0 Å². The fourth-order valence-corrected chi connectivity index (χ4v) is 0. The molecular weight excluding hydrogens is 115 g/mol. The smallest absolute Gasteiger partial charge is 0.106 e. The average molecular weight is 132 g/mol. The van der Waals surface area contributed by atoms with E-state index >= 15 is 0 Å². The molecule has 0 amide bonds. The maximum Gasteiger partial charge on any atom is -0.106 e. The molecule has 0 heterocycles. The summed E-state index contributed by atoms with van der Waals surface area (Å²) in [7, 11) is 0. The second-order valence-corrected chi connectivity index (χ2v) is 0. The van der Waals surface area contributed by atoms with Crippen molar-refractivity contribution in [2.24, 2.45) is 0 Å². The van der Waals surface area contributed by atoms with E-state index in [2.05, 4.69) is 52.6 Å². The van der Waals surface area contributed by atoms with E-state index in [1.54, 1.807) is 0 Å². The first-order valence-corrected chi connectivity index (χ1v) is 2.00. The van der Waals surface area contributed by atoms with Crippen molar-refractivity contribution >= 4 is 0 Å². The van der Waals surface area contributed by atoms with Gasteiger partial charge in [-0.05, 0) is 0 Å². The Labute approximate surface area is 58.3 Å². The summed E-state index contributed by atoms with van der Waals surface area (Å²) in [5.74, 6) is 0. The zero-order chi connectivity index (χ0) is 8.00. The third kappa shape index (κ3) is 134. The zero-order valence-electron chi connectivity index (χ0n) is 6.07. The second kappa shape index (κ2) is 194. The second-order valence-electron chi connectivity index (χ2n) is 0. The Morgan fingerprint density at radius 2 is 0.333 bits per heavy atom. The van der Waals surface area contributed by atoms with Gasteiger partial charge in [0, 0.05) is 0 Å². The Balaban J connectivity index is -0.00000000762. The minimum Gasteiger partial charge on any atom is -0.269 e. The molecule has 0 aromatic rings. The molecule has 0 saturated heterocycles. The molecule has 0 aliphatic heterocycles. The molecule has 0 aliphatic carbocycles. The molecule has 0 atom stereocenters. The summed E-state index contributed by atoms with van der Waals surface area (Å²) in [5, 5.41) is 0. The van der Waals surface area contributed by atoms with Crippen molar-refractivity contribution in [1.82, 2.24) is 0 Å². The summed E-state index contributed by atoms with van der Waals surface area (Å²) in [6.07, 6.45) is 0. The Morgan fingerprint density at radius 3 is 0.333 bits per heavy atom. The third-order valence-corrected chi connectivity index (χ3v) is 0. The summed E-state index contributed by atoms with van der Waals surface area (Å²) in [6, 6.07) is 0. The van der Waals surface area contributed by atoms with Crippen molar-refractivity contribution in [1.29, 1.82) is 0 Å². The van der Waals surface area contributed by atoms with E-state index in [1.165, 1.54) is 0 Å². The van der Waals surface area contributed by atoms with Crippen LogP contribution in [0.1, 0.15) is 0 Å². The van der Waals surface area contributed by atoms with E-state index in [1.807, 2.05) is 0 Å². The normalized spacial score (nSPS) is 1.78. The third-order valence-electron chi connectivity index (χ3n) is 0. The lowest BCUT2D eigenvalue weighted by molar-refractivity contribution is 1.11. The van der Waals surface area contributed by atoms with Crippen molar-refractivity contribution in [3.8, 4) is 0 Å². The lowest BCUT2D eigenvalue weighted by Crippen LogP contribution is -0.552. The monoisotopic (exact) mass is 132 g/mol. The van der Waals surface area contributed by atoms with Gasteiger partial charge in [-0.15, -0.1) is 52.6 Å². The Hall–Kier alpha value is -1.11. The van der Waals surface area contributed by atoms with Gasteiger partial charge in [-0.1, -0.05) is 0 Å². The Bertz CT molecular complexity index is 12.5. The molecule has 0 bridgehead atoms. The Morgan fingerprint density at radius 1 is 0.333 bits per heavy atom. The van der Waals surface area contributed by atoms with Gasteiger partial charge in [0.25, 0.3) is 0 Å². The predicted octanol–water partition coefficient (Wildman–Crippen LogP) is 3.36. The molecule has 1 heteroatoms. The van der Waals surface area contributed by atoms with Crippen LogP contribution in [0.25, 0.3) is 0 Å². The van der Waals surface area contributed by atoms with Crippen LogP contribution in [-0.4, -0.2) is 0 Å². The summed E-state index contributed by atoms with van der Waals surface area (Å²) in [6.45, 7) is 24.0. The summed E-state index contributed by atoms with van der Waals surface area (Å²) in [4.78, 5) is 0. The minimum atomic E-state index is 0. The molecule has 0 aliphatic rings. The largest absolute Gasteiger partial charge is 0.269 e. The standard InChI is InChI=1S/4C2H4.FH/c4*1-2;/h4*1-2H2;1H. The van der Waals surface area contributed by atoms with Crippen molar-refractivity contribution in [2.45, 2.75) is 0 Å². The zero-order valence-corrected chi connectivity index (χ0v) is 6.07. The molecule has 0 unspecified atom stereocenters. The molecule has 0 radical (unpaired) electrons. The highest BCUT2D eigenvalue weighted by molar-refractivity contribution is 4.23. The fourth-order valence-electron chi connectivity index (χ4n) is 0. The van der Waals surface area contributed by atoms with E-state index in [4.69, 9.17) is 0 Å². The molecule has 9 heavy (non-hydrogen) atoms. The van der Waals surface area contributed by atoms with Crippen LogP contribution < -0.4 is 0 Å². The van der Waals surface area contributed by atoms with Gasteiger partial charge in [-0.2, -0.15) is 0 Å². The molecule has 0 aromatic heterocycles. The van der Waals surface area contributed by atoms with E-state index in [0.717, 1.165) is 0 Å². The van der Waals surface area contributed by atoms with Crippen molar-refractivity contribution < 1.29 is 4.70 Å². The van der Waals surface area contributed by atoms with E-state index in [0.29, 0.717) is 0 Å². The number of hydrogen-bond acceptors (Lipinski definition) is 0. The number of halogens is 1. The van der Waals surface area contributed by atoms with Crippen molar-refractivity contribution in [3.63, 3.8) is 0 Å². The summed E-state index contributed by atoms with van der Waals surface area (Å²) < 4.78 is 0. The van der Waals surface area contributed by atoms with Crippen LogP contribution >= 0.6 is 0 Å². The predicted molar refractivity (Wildman–Crippen MR) is 47.5 cm³/mol. The topological polar surface area (TPSA) is 0 Å². The first kappa shape index (κ1) is 44.8. The molecule has 0 fully saturated rings. The summed E-state index contributed by atoms with van der Waals surface area (Å²) >= 11 is 0. The maximum absolute atomic E-state index is 3.00. The first-order valence-electron chi connectivity index (χ1n) is 2.00. The van der Waals surface area contributed by atoms with Crippen LogP contribution in [0.2, 0.25) is 0 Å². The SMILES string of the molecule is C=C.C=C.C=C.C=C.F. The van der Waals surface area contributed by atoms with E-state index in [-0.39, 0.29) is 4.70 Å². The molecule has 0 nitrogen and oxygen atoms in total. The van der Waals surface area contributed by atoms with Gasteiger partial charge in [-0.25, -0.2) is 0 Å². The van der Waals surface area contributed by atoms with Crippen LogP contribution in [0, 0.1) is 0 Å². The van der Waals surface area contributed by atoms with Gasteiger partial charge in [0.15, 0.2) is 0 Å². The molecular formula is C8H17F. The molecule has 56 valence electrons. The lowest BCUT2D eigenvalue weighted by Gasteiger charge is -0.813. The maximum atomic E-state index is 3.00. The van der Waals surface area contributed by atoms with Crippen LogP contribution in [0.5, 0.6) is 0 Å². The minimum absolute atomic E-state index is 0. The van der Waals surface area contributed by atoms with E-state index < -0.39 is 0 Å². The van der Waals surface area contributed by atoms with Gasteiger partial charge in [0.1, 0.15) is 0 Å². The van der Waals surface area contributed by atoms with Gasteiger partial charge < -0.3 is 0 Å². The lowest BCUT2D eigenvalue weighted by atomic mass is 11.3. The highest BCUT2D eigenvalue weighted by Gasteiger charge is 0.607. The quantitative estimate of drug-likeness (QED) is 0.443. The van der Waals surface area contributed by atoms with E-state index in [9.17, 15) is 0 Å². The summed E-state index contributed by atoms with van der Waals surface area (Å²) in [5.41, 5.74) is 0. The van der Waals surface area contributed by atoms with Crippen molar-refractivity contribution in [3.05, 3.63) is 52.6 Å². The van der Waals surface area contributed by atoms with Gasteiger partial charge in [0.05, 0.1) is 0 Å². The number of rotatable bonds is 0. The van der Waals surface area contributed by atoms with Gasteiger partial charge in [-0.3, -0.25) is 4.70 Å². The molecule has 0 saturated carbocycles. The van der Waals surface area contributed by atoms with Crippen LogP contribution in [-0.2, 0) is 0 Å². The van der Waals surface area contributed by atoms with Crippen LogP contribution in [0.4, 0.5) is 4.70 Å². The molecule has 0 N–H and O–H groups in total. The molecule has 0 aromatic carbocycles. The average Bonchev–Trinajstić information content (AvgIpc) is 2.03. The number of hydrogen-bond donors (Lipinski definition) is 0. The highest BCUT2D eigenvalue weighted by atomic mass is 19.0. The van der Waals surface area contributed by atoms with Crippen LogP contribution in [0.15, 0.2) is 52.6 Å². The van der Waals surface area contributed by atoms with Gasteiger partial charge >= 0.3 is 0 Å². The highest BCUT2D eigenvalue weighted by Crippen LogP contribution is 0.868. The first-order chi connectivity index (χ1) is 4.00. The fraction of sp³-hybridized carbons (Fsp3) is 0.